The van der Waals surface area contributed by atoms with Gasteiger partial charge in [-0.3, -0.25) is 14.4 Å². The second kappa shape index (κ2) is 10.6. The number of amides is 1. The summed E-state index contributed by atoms with van der Waals surface area (Å²) in [5, 5.41) is 60.4. The summed E-state index contributed by atoms with van der Waals surface area (Å²) in [6, 6.07) is -1.48. The van der Waals surface area contributed by atoms with Crippen LogP contribution >= 0.6 is 0 Å². The van der Waals surface area contributed by atoms with Crippen LogP contribution in [0, 0.1) is 5.92 Å². The molecule has 0 aromatic rings. The van der Waals surface area contributed by atoms with E-state index in [0.29, 0.717) is 0 Å². The fourth-order valence-corrected chi connectivity index (χ4v) is 3.00. The number of nitrogens with one attached hydrogen (secondary N) is 1. The highest BCUT2D eigenvalue weighted by Crippen LogP contribution is 2.35. The van der Waals surface area contributed by atoms with E-state index in [1.807, 2.05) is 0 Å². The molecule has 1 amide bonds. The lowest BCUT2D eigenvalue weighted by Crippen LogP contribution is -2.61. The molecule has 1 aliphatic rings. The molecule has 1 saturated heterocycles. The van der Waals surface area contributed by atoms with Gasteiger partial charge in [-0.05, 0) is 0 Å². The fourth-order valence-electron chi connectivity index (χ4n) is 3.00. The fraction of sp³-hybridized carbons (Fsp3) is 0.750. The van der Waals surface area contributed by atoms with E-state index in [1.165, 1.54) is 0 Å². The van der Waals surface area contributed by atoms with Crippen molar-refractivity contribution in [3.05, 3.63) is 0 Å². The highest BCUT2D eigenvalue weighted by Gasteiger charge is 2.53. The monoisotopic (exact) mass is 438 g/mol. The molecular formula is C16H26N2O12. The third-order valence-corrected chi connectivity index (χ3v) is 4.38. The van der Waals surface area contributed by atoms with E-state index in [4.69, 9.17) is 20.7 Å². The number of hydrogen-bond donors (Lipinski definition) is 8. The van der Waals surface area contributed by atoms with Crippen molar-refractivity contribution in [3.63, 3.8) is 0 Å². The Morgan fingerprint density at radius 2 is 1.87 bits per heavy atom. The van der Waals surface area contributed by atoms with Crippen molar-refractivity contribution in [2.24, 2.45) is 11.7 Å². The molecule has 0 radical (unpaired) electrons. The summed E-state index contributed by atoms with van der Waals surface area (Å²) in [7, 11) is 0. The molecule has 14 nitrogen and oxygen atoms in total. The van der Waals surface area contributed by atoms with Gasteiger partial charge >= 0.3 is 17.9 Å². The lowest BCUT2D eigenvalue weighted by molar-refractivity contribution is -0.297. The smallest absolute Gasteiger partial charge is 0.364 e. The topological polar surface area (TPSA) is 246 Å². The minimum Gasteiger partial charge on any atom is -0.481 e. The predicted molar refractivity (Wildman–Crippen MR) is 93.2 cm³/mol. The lowest BCUT2D eigenvalue weighted by Gasteiger charge is -2.44. The van der Waals surface area contributed by atoms with Gasteiger partial charge in [-0.25, -0.2) is 4.79 Å². The second-order valence-electron chi connectivity index (χ2n) is 6.96. The molecule has 1 fully saturated rings. The van der Waals surface area contributed by atoms with Crippen LogP contribution in [-0.2, 0) is 28.7 Å². The molecule has 1 rings (SSSR count). The highest BCUT2D eigenvalue weighted by atomic mass is 16.7. The van der Waals surface area contributed by atoms with Crippen LogP contribution in [0.4, 0.5) is 0 Å². The van der Waals surface area contributed by atoms with Crippen molar-refractivity contribution in [2.45, 2.75) is 62.6 Å². The zero-order chi connectivity index (χ0) is 23.2. The number of hydrogen-bond acceptors (Lipinski definition) is 11. The Labute approximate surface area is 170 Å². The Kier molecular flexibility index (Phi) is 9.08. The van der Waals surface area contributed by atoms with Gasteiger partial charge in [0.1, 0.15) is 18.9 Å². The molecule has 30 heavy (non-hydrogen) atoms. The Morgan fingerprint density at radius 3 is 2.37 bits per heavy atom. The van der Waals surface area contributed by atoms with Crippen molar-refractivity contribution >= 4 is 23.8 Å². The molecular weight excluding hydrogens is 412 g/mol. The van der Waals surface area contributed by atoms with E-state index in [0.717, 1.165) is 6.92 Å². The van der Waals surface area contributed by atoms with Gasteiger partial charge in [0.15, 0.2) is 0 Å². The molecule has 172 valence electrons. The molecule has 1 aliphatic heterocycles. The maximum absolute atomic E-state index is 11.6. The summed E-state index contributed by atoms with van der Waals surface area (Å²) in [6.45, 7) is 0.382. The zero-order valence-electron chi connectivity index (χ0n) is 16.0. The molecule has 14 heteroatoms. The van der Waals surface area contributed by atoms with Crippen LogP contribution in [0.25, 0.3) is 0 Å². The SMILES string of the molecule is CC(=O)N[C@@H](O)[C@@H]1[C@H](C[C@H](O)COC(=O)[C@H](N)CC(=O)O)O[C@](O)(C(=O)O)C[C@@H]1O. The maximum Gasteiger partial charge on any atom is 0.364 e. The zero-order valence-corrected chi connectivity index (χ0v) is 16.0. The largest absolute Gasteiger partial charge is 0.481 e. The first-order chi connectivity index (χ1) is 13.8. The van der Waals surface area contributed by atoms with E-state index in [9.17, 15) is 39.6 Å². The van der Waals surface area contributed by atoms with Gasteiger partial charge < -0.3 is 51.2 Å². The van der Waals surface area contributed by atoms with Crippen molar-refractivity contribution in [1.82, 2.24) is 5.32 Å². The van der Waals surface area contributed by atoms with E-state index < -0.39 is 92.0 Å². The van der Waals surface area contributed by atoms with Crippen LogP contribution in [0.1, 0.15) is 26.2 Å². The first-order valence-corrected chi connectivity index (χ1v) is 8.85. The molecule has 7 atom stereocenters. The molecule has 0 spiro atoms. The van der Waals surface area contributed by atoms with E-state index in [2.05, 4.69) is 10.1 Å². The minimum atomic E-state index is -2.82. The number of aliphatic hydroxyl groups is 4. The van der Waals surface area contributed by atoms with Crippen molar-refractivity contribution in [2.75, 3.05) is 6.61 Å². The van der Waals surface area contributed by atoms with Gasteiger partial charge in [0.05, 0.1) is 30.7 Å². The predicted octanol–water partition coefficient (Wildman–Crippen LogP) is -3.92. The van der Waals surface area contributed by atoms with Gasteiger partial charge in [-0.1, -0.05) is 0 Å². The van der Waals surface area contributed by atoms with Crippen LogP contribution in [0.3, 0.4) is 0 Å². The van der Waals surface area contributed by atoms with E-state index >= 15 is 0 Å². The van der Waals surface area contributed by atoms with E-state index in [-0.39, 0.29) is 0 Å². The van der Waals surface area contributed by atoms with E-state index in [1.54, 1.807) is 0 Å². The summed E-state index contributed by atoms with van der Waals surface area (Å²) in [5.41, 5.74) is 5.32. The van der Waals surface area contributed by atoms with Crippen LogP contribution in [0.2, 0.25) is 0 Å². The van der Waals surface area contributed by atoms with Crippen molar-refractivity contribution in [1.29, 1.82) is 0 Å². The average molecular weight is 438 g/mol. The summed E-state index contributed by atoms with van der Waals surface area (Å²) in [4.78, 5) is 44.6. The number of carboxylic acid groups (broad SMARTS) is 2. The number of carbonyl (C=O) groups is 4. The maximum atomic E-state index is 11.6. The third kappa shape index (κ3) is 7.16. The average Bonchev–Trinajstić information content (AvgIpc) is 2.57. The molecule has 0 aliphatic carbocycles. The normalized spacial score (nSPS) is 29.3. The van der Waals surface area contributed by atoms with Gasteiger partial charge in [0.2, 0.25) is 5.91 Å². The van der Waals surface area contributed by atoms with Crippen molar-refractivity contribution in [3.8, 4) is 0 Å². The van der Waals surface area contributed by atoms with Gasteiger partial charge in [-0.15, -0.1) is 0 Å². The standard InChI is InChI=1S/C16H26N2O12/c1-6(19)18-13(24)12-9(21)4-16(28,15(26)27)30-10(12)2-7(20)5-29-14(25)8(17)3-11(22)23/h7-10,12-13,20-21,24,28H,2-5,17H2,1H3,(H,18,19)(H,22,23)(H,26,27)/t7-,8+,9-,10-,12-,13-,16-/m0/s1. The van der Waals surface area contributed by atoms with Crippen LogP contribution in [-0.4, -0.2) is 97.4 Å². The third-order valence-electron chi connectivity index (χ3n) is 4.38. The van der Waals surface area contributed by atoms with Gasteiger partial charge in [0.25, 0.3) is 5.79 Å². The summed E-state index contributed by atoms with van der Waals surface area (Å²) >= 11 is 0. The highest BCUT2D eigenvalue weighted by molar-refractivity contribution is 5.81. The number of carboxylic acids is 2. The van der Waals surface area contributed by atoms with Gasteiger partial charge in [0, 0.05) is 19.8 Å². The first-order valence-electron chi connectivity index (χ1n) is 8.85. The summed E-state index contributed by atoms with van der Waals surface area (Å²) in [6.07, 6.45) is -8.44. The number of ether oxygens (including phenoxy) is 2. The first kappa shape index (κ1) is 25.7. The number of aliphatic hydroxyl groups excluding tert-OH is 3. The Hall–Kier alpha value is -2.36. The minimum absolute atomic E-state index is 0.532. The molecule has 0 saturated carbocycles. The molecule has 0 aromatic heterocycles. The molecule has 0 bridgehead atoms. The molecule has 1 heterocycles. The number of aliphatic carboxylic acids is 2. The molecule has 9 N–H and O–H groups in total. The molecule has 0 aromatic carbocycles. The second-order valence-corrected chi connectivity index (χ2v) is 6.96. The van der Waals surface area contributed by atoms with Crippen molar-refractivity contribution < 1.29 is 59.3 Å². The Bertz CT molecular complexity index is 658. The Morgan fingerprint density at radius 1 is 1.27 bits per heavy atom. The summed E-state index contributed by atoms with van der Waals surface area (Å²) in [5.74, 6) is -9.11. The lowest BCUT2D eigenvalue weighted by atomic mass is 9.83. The molecule has 0 unspecified atom stereocenters. The van der Waals surface area contributed by atoms with Crippen LogP contribution < -0.4 is 11.1 Å². The number of rotatable bonds is 10. The number of carbonyl (C=O) groups excluding carboxylic acids is 2. The summed E-state index contributed by atoms with van der Waals surface area (Å²) < 4.78 is 9.77. The quantitative estimate of drug-likeness (QED) is 0.120. The Balaban J connectivity index is 2.86. The van der Waals surface area contributed by atoms with Crippen LogP contribution in [0.5, 0.6) is 0 Å². The number of esters is 1. The van der Waals surface area contributed by atoms with Crippen LogP contribution in [0.15, 0.2) is 0 Å². The van der Waals surface area contributed by atoms with Gasteiger partial charge in [-0.2, -0.15) is 0 Å². The number of nitrogens with two attached hydrogens (primary N) is 1.